The molecule has 0 atom stereocenters. The van der Waals surface area contributed by atoms with E-state index in [0.29, 0.717) is 0 Å². The summed E-state index contributed by atoms with van der Waals surface area (Å²) in [5.41, 5.74) is -0.387. The highest BCUT2D eigenvalue weighted by Crippen LogP contribution is 2.14. The van der Waals surface area contributed by atoms with E-state index < -0.39 is 11.8 Å². The van der Waals surface area contributed by atoms with E-state index >= 15 is 0 Å². The molecule has 3 nitrogen and oxygen atoms in total. The molecule has 0 radical (unpaired) electrons. The van der Waals surface area contributed by atoms with Crippen molar-refractivity contribution in [3.05, 3.63) is 12.2 Å². The lowest BCUT2D eigenvalue weighted by Crippen LogP contribution is -2.24. The van der Waals surface area contributed by atoms with Crippen LogP contribution in [-0.2, 0) is 9.47 Å². The fourth-order valence-electron chi connectivity index (χ4n) is 0.797. The first kappa shape index (κ1) is 14.0. The first-order valence-electron chi connectivity index (χ1n) is 5.14. The first-order chi connectivity index (χ1) is 6.60. The smallest absolute Gasteiger partial charge is 0.430 e. The van der Waals surface area contributed by atoms with Crippen LogP contribution < -0.4 is 0 Å². The number of allylic oxidation sites excluding steroid dienone is 1. The fourth-order valence-corrected chi connectivity index (χ4v) is 0.797. The highest BCUT2D eigenvalue weighted by molar-refractivity contribution is 5.60. The number of hydrogen-bond acceptors (Lipinski definition) is 3. The Kier molecular flexibility index (Phi) is 4.85. The predicted octanol–water partition coefficient (Wildman–Crippen LogP) is 3.54. The third-order valence-corrected chi connectivity index (χ3v) is 1.30. The van der Waals surface area contributed by atoms with E-state index in [-0.39, 0.29) is 12.0 Å². The quantitative estimate of drug-likeness (QED) is 0.521. The van der Waals surface area contributed by atoms with Gasteiger partial charge in [0.05, 0.1) is 0 Å². The molecule has 0 unspecified atom stereocenters. The molecule has 3 heteroatoms. The minimum absolute atomic E-state index is 0.108. The van der Waals surface area contributed by atoms with E-state index in [1.807, 2.05) is 12.2 Å². The van der Waals surface area contributed by atoms with Gasteiger partial charge in [-0.1, -0.05) is 32.9 Å². The number of ether oxygens (including phenoxy) is 2. The second kappa shape index (κ2) is 5.19. The Morgan fingerprint density at radius 3 is 2.07 bits per heavy atom. The van der Waals surface area contributed by atoms with Crippen molar-refractivity contribution in [1.82, 2.24) is 0 Å². The summed E-state index contributed by atoms with van der Waals surface area (Å²) in [6.45, 7) is 11.9. The molecule has 0 aromatic rings. The van der Waals surface area contributed by atoms with Crippen LogP contribution in [0, 0.1) is 5.41 Å². The van der Waals surface area contributed by atoms with E-state index in [1.165, 1.54) is 0 Å². The molecule has 0 amide bonds. The van der Waals surface area contributed by atoms with Gasteiger partial charge in [-0.3, -0.25) is 0 Å². The van der Waals surface area contributed by atoms with Crippen LogP contribution in [0.2, 0.25) is 0 Å². The average molecular weight is 214 g/mol. The summed E-state index contributed by atoms with van der Waals surface area (Å²) in [6.07, 6.45) is 3.20. The maximum Gasteiger partial charge on any atom is 0.509 e. The summed E-state index contributed by atoms with van der Waals surface area (Å²) >= 11 is 0. The monoisotopic (exact) mass is 214 g/mol. The molecule has 0 spiro atoms. The van der Waals surface area contributed by atoms with Crippen molar-refractivity contribution in [3.63, 3.8) is 0 Å². The van der Waals surface area contributed by atoms with Gasteiger partial charge in [-0.2, -0.15) is 0 Å². The zero-order valence-electron chi connectivity index (χ0n) is 10.6. The van der Waals surface area contributed by atoms with Gasteiger partial charge in [-0.25, -0.2) is 4.79 Å². The molecule has 0 bridgehead atoms. The largest absolute Gasteiger partial charge is 0.509 e. The van der Waals surface area contributed by atoms with Gasteiger partial charge in [0.15, 0.2) is 0 Å². The molecule has 0 aromatic heterocycles. The molecule has 0 aromatic carbocycles. The molecule has 0 saturated carbocycles. The van der Waals surface area contributed by atoms with Crippen LogP contribution in [-0.4, -0.2) is 18.4 Å². The molecule has 0 aliphatic heterocycles. The van der Waals surface area contributed by atoms with Gasteiger partial charge in [-0.05, 0) is 26.2 Å². The van der Waals surface area contributed by atoms with Crippen LogP contribution in [0.4, 0.5) is 4.79 Å². The molecular formula is C12H22O3. The fraction of sp³-hybridized carbons (Fsp3) is 0.750. The Bertz CT molecular complexity index is 228. The lowest BCUT2D eigenvalue weighted by atomic mass is 9.96. The summed E-state index contributed by atoms with van der Waals surface area (Å²) in [7, 11) is 0. The molecule has 0 heterocycles. The molecule has 0 saturated heterocycles. The van der Waals surface area contributed by atoms with E-state index in [4.69, 9.17) is 9.47 Å². The third kappa shape index (κ3) is 10.9. The number of carbonyl (C=O) groups is 1. The normalized spacial score (nSPS) is 12.9. The van der Waals surface area contributed by atoms with Crippen LogP contribution in [0.1, 0.15) is 41.5 Å². The summed E-state index contributed by atoms with van der Waals surface area (Å²) in [6, 6.07) is 0. The van der Waals surface area contributed by atoms with Crippen molar-refractivity contribution in [3.8, 4) is 0 Å². The molecule has 88 valence electrons. The Morgan fingerprint density at radius 2 is 1.67 bits per heavy atom. The van der Waals surface area contributed by atoms with Gasteiger partial charge in [0.25, 0.3) is 0 Å². The Labute approximate surface area is 92.5 Å². The van der Waals surface area contributed by atoms with Crippen LogP contribution in [0.25, 0.3) is 0 Å². The van der Waals surface area contributed by atoms with E-state index in [2.05, 4.69) is 20.8 Å². The third-order valence-electron chi connectivity index (χ3n) is 1.30. The van der Waals surface area contributed by atoms with Crippen molar-refractivity contribution >= 4 is 6.16 Å². The van der Waals surface area contributed by atoms with Crippen molar-refractivity contribution in [2.24, 2.45) is 5.41 Å². The molecule has 0 N–H and O–H groups in total. The molecule has 0 rings (SSSR count). The highest BCUT2D eigenvalue weighted by Gasteiger charge is 2.16. The second-order valence-corrected chi connectivity index (χ2v) is 5.54. The number of hydrogen-bond donors (Lipinski definition) is 0. The van der Waals surface area contributed by atoms with Crippen LogP contribution in [0.5, 0.6) is 0 Å². The highest BCUT2D eigenvalue weighted by atomic mass is 16.7. The summed E-state index contributed by atoms with van der Waals surface area (Å²) in [5, 5.41) is 0. The molecule has 15 heavy (non-hydrogen) atoms. The zero-order valence-corrected chi connectivity index (χ0v) is 10.6. The van der Waals surface area contributed by atoms with Crippen molar-refractivity contribution < 1.29 is 14.3 Å². The standard InChI is InChI=1S/C12H22O3/c1-11(2,3)8-7-9-14-10(13)15-12(4,5)6/h7-8H,9H2,1-6H3/b8-7+. The second-order valence-electron chi connectivity index (χ2n) is 5.54. The Hall–Kier alpha value is -0.990. The summed E-state index contributed by atoms with van der Waals surface area (Å²) in [4.78, 5) is 11.1. The van der Waals surface area contributed by atoms with Crippen molar-refractivity contribution in [2.75, 3.05) is 6.61 Å². The lowest BCUT2D eigenvalue weighted by molar-refractivity contribution is -0.00248. The van der Waals surface area contributed by atoms with Crippen molar-refractivity contribution in [1.29, 1.82) is 0 Å². The van der Waals surface area contributed by atoms with E-state index in [9.17, 15) is 4.79 Å². The Balaban J connectivity index is 3.79. The van der Waals surface area contributed by atoms with Gasteiger partial charge < -0.3 is 9.47 Å². The molecular weight excluding hydrogens is 192 g/mol. The Morgan fingerprint density at radius 1 is 1.13 bits per heavy atom. The van der Waals surface area contributed by atoms with Crippen LogP contribution in [0.15, 0.2) is 12.2 Å². The summed E-state index contributed by atoms with van der Waals surface area (Å²) < 4.78 is 9.84. The van der Waals surface area contributed by atoms with Gasteiger partial charge in [0.2, 0.25) is 0 Å². The van der Waals surface area contributed by atoms with Gasteiger partial charge in [0.1, 0.15) is 12.2 Å². The topological polar surface area (TPSA) is 35.5 Å². The lowest BCUT2D eigenvalue weighted by Gasteiger charge is -2.18. The minimum atomic E-state index is -0.624. The van der Waals surface area contributed by atoms with Gasteiger partial charge in [0, 0.05) is 0 Å². The SMILES string of the molecule is CC(C)(C)/C=C/COC(=O)OC(C)(C)C. The van der Waals surface area contributed by atoms with Gasteiger partial charge in [-0.15, -0.1) is 0 Å². The van der Waals surface area contributed by atoms with Gasteiger partial charge >= 0.3 is 6.16 Å². The molecule has 0 aliphatic rings. The number of rotatable bonds is 2. The van der Waals surface area contributed by atoms with E-state index in [1.54, 1.807) is 20.8 Å². The predicted molar refractivity (Wildman–Crippen MR) is 60.8 cm³/mol. The first-order valence-corrected chi connectivity index (χ1v) is 5.14. The van der Waals surface area contributed by atoms with E-state index in [0.717, 1.165) is 0 Å². The maximum atomic E-state index is 11.1. The summed E-state index contributed by atoms with van der Waals surface area (Å²) in [5.74, 6) is 0. The minimum Gasteiger partial charge on any atom is -0.430 e. The molecule has 0 fully saturated rings. The molecule has 0 aliphatic carbocycles. The maximum absolute atomic E-state index is 11.1. The van der Waals surface area contributed by atoms with Crippen LogP contribution in [0.3, 0.4) is 0 Å². The number of carbonyl (C=O) groups excluding carboxylic acids is 1. The van der Waals surface area contributed by atoms with Crippen LogP contribution >= 0.6 is 0 Å². The van der Waals surface area contributed by atoms with Crippen molar-refractivity contribution in [2.45, 2.75) is 47.1 Å². The zero-order chi connectivity index (χ0) is 12.1. The average Bonchev–Trinajstić information content (AvgIpc) is 1.92.